The third-order valence-electron chi connectivity index (χ3n) is 4.67. The summed E-state index contributed by atoms with van der Waals surface area (Å²) in [5, 5.41) is 7.93. The minimum absolute atomic E-state index is 0.693. The molecule has 1 fully saturated rings. The summed E-state index contributed by atoms with van der Waals surface area (Å²) in [7, 11) is 2.12. The van der Waals surface area contributed by atoms with Crippen LogP contribution in [0.25, 0.3) is 0 Å². The third-order valence-corrected chi connectivity index (χ3v) is 4.67. The fraction of sp³-hybridized carbons (Fsp3) is 0.812. The van der Waals surface area contributed by atoms with Crippen molar-refractivity contribution in [1.82, 2.24) is 15.1 Å². The Morgan fingerprint density at radius 1 is 1.37 bits per heavy atom. The van der Waals surface area contributed by atoms with E-state index < -0.39 is 0 Å². The first-order chi connectivity index (χ1) is 9.26. The molecular weight excluding hydrogens is 234 g/mol. The van der Waals surface area contributed by atoms with Crippen molar-refractivity contribution >= 4 is 0 Å². The molecule has 0 bridgehead atoms. The molecule has 1 aromatic rings. The summed E-state index contributed by atoms with van der Waals surface area (Å²) in [6, 6.07) is 0.693. The predicted octanol–water partition coefficient (Wildman–Crippen LogP) is 3.25. The van der Waals surface area contributed by atoms with E-state index in [-0.39, 0.29) is 0 Å². The number of hydrogen-bond acceptors (Lipinski definition) is 2. The molecule has 3 atom stereocenters. The van der Waals surface area contributed by atoms with Crippen LogP contribution in [0.2, 0.25) is 0 Å². The van der Waals surface area contributed by atoms with Gasteiger partial charge in [-0.1, -0.05) is 19.8 Å². The van der Waals surface area contributed by atoms with E-state index in [9.17, 15) is 0 Å². The van der Waals surface area contributed by atoms with Gasteiger partial charge in [-0.05, 0) is 57.1 Å². The molecule has 0 saturated heterocycles. The van der Waals surface area contributed by atoms with Gasteiger partial charge < -0.3 is 5.32 Å². The monoisotopic (exact) mass is 263 g/mol. The summed E-state index contributed by atoms with van der Waals surface area (Å²) in [5.41, 5.74) is 1.41. The fourth-order valence-electron chi connectivity index (χ4n) is 3.62. The summed E-state index contributed by atoms with van der Waals surface area (Å²) < 4.78 is 2.04. The van der Waals surface area contributed by atoms with Gasteiger partial charge in [0.1, 0.15) is 0 Å². The zero-order valence-electron chi connectivity index (χ0n) is 12.7. The molecule has 3 unspecified atom stereocenters. The highest BCUT2D eigenvalue weighted by molar-refractivity contribution is 5.06. The summed E-state index contributed by atoms with van der Waals surface area (Å²) in [6.07, 6.45) is 12.3. The van der Waals surface area contributed by atoms with Crippen LogP contribution >= 0.6 is 0 Å². The molecule has 1 aliphatic carbocycles. The second kappa shape index (κ2) is 7.09. The van der Waals surface area contributed by atoms with Crippen LogP contribution in [0.15, 0.2) is 12.4 Å². The van der Waals surface area contributed by atoms with Crippen LogP contribution in [-0.2, 0) is 13.0 Å². The maximum Gasteiger partial charge on any atom is 0.0521 e. The highest BCUT2D eigenvalue weighted by Gasteiger charge is 2.29. The maximum absolute atomic E-state index is 4.40. The van der Waals surface area contributed by atoms with E-state index in [0.29, 0.717) is 6.04 Å². The van der Waals surface area contributed by atoms with Crippen molar-refractivity contribution in [1.29, 1.82) is 0 Å². The Morgan fingerprint density at radius 2 is 2.21 bits per heavy atom. The Labute approximate surface area is 117 Å². The number of rotatable bonds is 6. The van der Waals surface area contributed by atoms with Crippen LogP contribution in [0, 0.1) is 11.8 Å². The first-order valence-electron chi connectivity index (χ1n) is 7.95. The van der Waals surface area contributed by atoms with Gasteiger partial charge in [0.15, 0.2) is 0 Å². The molecule has 1 aromatic heterocycles. The quantitative estimate of drug-likeness (QED) is 0.854. The summed E-state index contributed by atoms with van der Waals surface area (Å²) >= 11 is 0. The average Bonchev–Trinajstić information content (AvgIpc) is 2.87. The zero-order chi connectivity index (χ0) is 13.7. The van der Waals surface area contributed by atoms with E-state index in [4.69, 9.17) is 0 Å². The average molecular weight is 263 g/mol. The molecule has 0 spiro atoms. The van der Waals surface area contributed by atoms with Crippen molar-refractivity contribution in [3.63, 3.8) is 0 Å². The van der Waals surface area contributed by atoms with Gasteiger partial charge in [0.05, 0.1) is 6.20 Å². The van der Waals surface area contributed by atoms with Crippen LogP contribution in [0.3, 0.4) is 0 Å². The molecule has 1 aliphatic rings. The van der Waals surface area contributed by atoms with Gasteiger partial charge >= 0.3 is 0 Å². The molecule has 0 amide bonds. The Kier molecular flexibility index (Phi) is 5.44. The summed E-state index contributed by atoms with van der Waals surface area (Å²) in [4.78, 5) is 0. The van der Waals surface area contributed by atoms with Crippen LogP contribution in [0.4, 0.5) is 0 Å². The molecule has 3 heteroatoms. The van der Waals surface area contributed by atoms with Crippen molar-refractivity contribution < 1.29 is 0 Å². The molecular formula is C16H29N3. The Balaban J connectivity index is 1.97. The summed E-state index contributed by atoms with van der Waals surface area (Å²) in [5.74, 6) is 1.73. The number of nitrogens with zero attached hydrogens (tertiary/aromatic N) is 2. The lowest BCUT2D eigenvalue weighted by Gasteiger charge is -2.36. The Morgan fingerprint density at radius 3 is 2.84 bits per heavy atom. The Hall–Kier alpha value is -0.830. The molecule has 2 rings (SSSR count). The summed E-state index contributed by atoms with van der Waals surface area (Å²) in [6.45, 7) is 5.42. The minimum atomic E-state index is 0.693. The highest BCUT2D eigenvalue weighted by Crippen LogP contribution is 2.34. The van der Waals surface area contributed by atoms with Gasteiger partial charge in [-0.15, -0.1) is 0 Å². The van der Waals surface area contributed by atoms with Crippen molar-refractivity contribution in [3.05, 3.63) is 18.0 Å². The van der Waals surface area contributed by atoms with E-state index in [2.05, 4.69) is 43.7 Å². The van der Waals surface area contributed by atoms with E-state index in [0.717, 1.165) is 18.4 Å². The lowest BCUT2D eigenvalue weighted by atomic mass is 9.74. The number of aromatic nitrogens is 2. The third kappa shape index (κ3) is 3.82. The van der Waals surface area contributed by atoms with E-state index in [1.54, 1.807) is 0 Å². The van der Waals surface area contributed by atoms with Crippen LogP contribution in [0.5, 0.6) is 0 Å². The van der Waals surface area contributed by atoms with Crippen molar-refractivity contribution in [2.75, 3.05) is 7.05 Å². The van der Waals surface area contributed by atoms with Crippen LogP contribution in [0.1, 0.15) is 51.5 Å². The van der Waals surface area contributed by atoms with Gasteiger partial charge in [-0.3, -0.25) is 4.68 Å². The number of nitrogens with one attached hydrogen (secondary N) is 1. The molecule has 0 aromatic carbocycles. The van der Waals surface area contributed by atoms with Crippen molar-refractivity contribution in [3.8, 4) is 0 Å². The van der Waals surface area contributed by atoms with Crippen molar-refractivity contribution in [2.24, 2.45) is 11.8 Å². The van der Waals surface area contributed by atoms with E-state index >= 15 is 0 Å². The normalized spacial score (nSPS) is 27.6. The molecule has 3 nitrogen and oxygen atoms in total. The second-order valence-corrected chi connectivity index (χ2v) is 6.03. The molecule has 1 heterocycles. The SMILES string of the molecule is CCCC1CCC(NC)C(Cc2cnn(CC)c2)C1. The van der Waals surface area contributed by atoms with E-state index in [1.165, 1.54) is 44.1 Å². The molecule has 108 valence electrons. The molecule has 0 radical (unpaired) electrons. The standard InChI is InChI=1S/C16H29N3/c1-4-6-13-7-8-16(17-3)15(9-13)10-14-11-18-19(5-2)12-14/h11-13,15-17H,4-10H2,1-3H3. The van der Waals surface area contributed by atoms with Gasteiger partial charge in [0, 0.05) is 18.8 Å². The number of hydrogen-bond donors (Lipinski definition) is 1. The maximum atomic E-state index is 4.40. The first kappa shape index (κ1) is 14.6. The Bertz CT molecular complexity index is 372. The fourth-order valence-corrected chi connectivity index (χ4v) is 3.62. The lowest BCUT2D eigenvalue weighted by molar-refractivity contribution is 0.200. The molecule has 1 N–H and O–H groups in total. The predicted molar refractivity (Wildman–Crippen MR) is 80.2 cm³/mol. The topological polar surface area (TPSA) is 29.9 Å². The van der Waals surface area contributed by atoms with E-state index in [1.807, 2.05) is 4.68 Å². The van der Waals surface area contributed by atoms with Crippen LogP contribution < -0.4 is 5.32 Å². The smallest absolute Gasteiger partial charge is 0.0521 e. The second-order valence-electron chi connectivity index (χ2n) is 6.03. The van der Waals surface area contributed by atoms with Gasteiger partial charge in [-0.25, -0.2) is 0 Å². The van der Waals surface area contributed by atoms with Gasteiger partial charge in [0.25, 0.3) is 0 Å². The molecule has 19 heavy (non-hydrogen) atoms. The largest absolute Gasteiger partial charge is 0.317 e. The van der Waals surface area contributed by atoms with Crippen molar-refractivity contribution in [2.45, 2.75) is 65.0 Å². The lowest BCUT2D eigenvalue weighted by Crippen LogP contribution is -2.39. The molecule has 0 aliphatic heterocycles. The minimum Gasteiger partial charge on any atom is -0.317 e. The van der Waals surface area contributed by atoms with Crippen LogP contribution in [-0.4, -0.2) is 22.9 Å². The highest BCUT2D eigenvalue weighted by atomic mass is 15.3. The molecule has 1 saturated carbocycles. The zero-order valence-corrected chi connectivity index (χ0v) is 12.7. The van der Waals surface area contributed by atoms with Gasteiger partial charge in [0.2, 0.25) is 0 Å². The first-order valence-corrected chi connectivity index (χ1v) is 7.95. The van der Waals surface area contributed by atoms with Gasteiger partial charge in [-0.2, -0.15) is 5.10 Å². The number of aryl methyl sites for hydroxylation is 1.